The fourth-order valence-electron chi connectivity index (χ4n) is 2.53. The first-order chi connectivity index (χ1) is 6.16. The summed E-state index contributed by atoms with van der Waals surface area (Å²) in [5.41, 5.74) is 1.12. The zero-order chi connectivity index (χ0) is 9.42. The number of fused-ring (bicyclic) bond motifs is 2. The Balaban J connectivity index is 2.03. The van der Waals surface area contributed by atoms with Gasteiger partial charge in [0, 0.05) is 18.0 Å². The molecule has 2 nitrogen and oxygen atoms in total. The topological polar surface area (TPSA) is 29.1 Å². The molecular formula is C11H17NO. The highest BCUT2D eigenvalue weighted by atomic mass is 16.1. The van der Waals surface area contributed by atoms with Crippen molar-refractivity contribution >= 4 is 5.78 Å². The van der Waals surface area contributed by atoms with Crippen molar-refractivity contribution in [3.63, 3.8) is 0 Å². The minimum Gasteiger partial charge on any atom is -0.310 e. The maximum atomic E-state index is 11.7. The normalized spacial score (nSPS) is 36.3. The SMILES string of the molecule is CC(C)=CC(=O)C1CC2CCC1N2. The molecule has 0 spiro atoms. The monoisotopic (exact) mass is 179 g/mol. The third-order valence-corrected chi connectivity index (χ3v) is 3.10. The van der Waals surface area contributed by atoms with Crippen molar-refractivity contribution in [1.82, 2.24) is 5.32 Å². The third-order valence-electron chi connectivity index (χ3n) is 3.10. The van der Waals surface area contributed by atoms with Gasteiger partial charge in [-0.15, -0.1) is 0 Å². The molecule has 2 aliphatic heterocycles. The van der Waals surface area contributed by atoms with Gasteiger partial charge in [-0.1, -0.05) is 5.57 Å². The molecular weight excluding hydrogens is 162 g/mol. The summed E-state index contributed by atoms with van der Waals surface area (Å²) in [4.78, 5) is 11.7. The van der Waals surface area contributed by atoms with Crippen LogP contribution in [-0.4, -0.2) is 17.9 Å². The zero-order valence-corrected chi connectivity index (χ0v) is 8.34. The summed E-state index contributed by atoms with van der Waals surface area (Å²) in [7, 11) is 0. The summed E-state index contributed by atoms with van der Waals surface area (Å²) in [6, 6.07) is 1.11. The molecule has 0 aromatic rings. The highest BCUT2D eigenvalue weighted by Crippen LogP contribution is 2.33. The molecule has 2 rings (SSSR count). The van der Waals surface area contributed by atoms with Crippen molar-refractivity contribution in [3.8, 4) is 0 Å². The van der Waals surface area contributed by atoms with Gasteiger partial charge in [-0.3, -0.25) is 4.79 Å². The smallest absolute Gasteiger partial charge is 0.160 e. The maximum absolute atomic E-state index is 11.7. The summed E-state index contributed by atoms with van der Waals surface area (Å²) >= 11 is 0. The lowest BCUT2D eigenvalue weighted by Crippen LogP contribution is -2.27. The van der Waals surface area contributed by atoms with Gasteiger partial charge in [0.15, 0.2) is 5.78 Å². The van der Waals surface area contributed by atoms with Crippen molar-refractivity contribution in [2.75, 3.05) is 0 Å². The van der Waals surface area contributed by atoms with E-state index >= 15 is 0 Å². The van der Waals surface area contributed by atoms with Crippen molar-refractivity contribution in [3.05, 3.63) is 11.6 Å². The lowest BCUT2D eigenvalue weighted by atomic mass is 9.85. The highest BCUT2D eigenvalue weighted by Gasteiger charge is 2.41. The lowest BCUT2D eigenvalue weighted by Gasteiger charge is -2.16. The number of rotatable bonds is 2. The van der Waals surface area contributed by atoms with Crippen LogP contribution in [0.15, 0.2) is 11.6 Å². The van der Waals surface area contributed by atoms with Gasteiger partial charge in [0.2, 0.25) is 0 Å². The summed E-state index contributed by atoms with van der Waals surface area (Å²) < 4.78 is 0. The summed E-state index contributed by atoms with van der Waals surface area (Å²) in [5.74, 6) is 0.605. The van der Waals surface area contributed by atoms with E-state index < -0.39 is 0 Å². The molecule has 0 saturated carbocycles. The van der Waals surface area contributed by atoms with Gasteiger partial charge in [0.1, 0.15) is 0 Å². The summed E-state index contributed by atoms with van der Waals surface area (Å²) in [6.07, 6.45) is 5.32. The second kappa shape index (κ2) is 3.26. The van der Waals surface area contributed by atoms with Crippen LogP contribution in [-0.2, 0) is 4.79 Å². The Kier molecular flexibility index (Phi) is 2.24. The van der Waals surface area contributed by atoms with Gasteiger partial charge in [-0.05, 0) is 39.2 Å². The predicted molar refractivity (Wildman–Crippen MR) is 52.5 cm³/mol. The second-order valence-electron chi connectivity index (χ2n) is 4.51. The van der Waals surface area contributed by atoms with Gasteiger partial charge in [0.05, 0.1) is 0 Å². The molecule has 2 fully saturated rings. The number of allylic oxidation sites excluding steroid dienone is 2. The minimum atomic E-state index is 0.272. The molecule has 13 heavy (non-hydrogen) atoms. The molecule has 72 valence electrons. The number of carbonyl (C=O) groups is 1. The number of hydrogen-bond donors (Lipinski definition) is 1. The number of ketones is 1. The van der Waals surface area contributed by atoms with Gasteiger partial charge >= 0.3 is 0 Å². The second-order valence-corrected chi connectivity index (χ2v) is 4.51. The van der Waals surface area contributed by atoms with Crippen LogP contribution in [0, 0.1) is 5.92 Å². The minimum absolute atomic E-state index is 0.272. The third kappa shape index (κ3) is 1.68. The van der Waals surface area contributed by atoms with E-state index in [1.807, 2.05) is 13.8 Å². The Morgan fingerprint density at radius 1 is 1.38 bits per heavy atom. The Bertz CT molecular complexity index is 253. The number of hydrogen-bond acceptors (Lipinski definition) is 2. The van der Waals surface area contributed by atoms with Crippen molar-refractivity contribution < 1.29 is 4.79 Å². The zero-order valence-electron chi connectivity index (χ0n) is 8.34. The van der Waals surface area contributed by atoms with Crippen LogP contribution in [0.2, 0.25) is 0 Å². The van der Waals surface area contributed by atoms with Crippen molar-refractivity contribution in [2.24, 2.45) is 5.92 Å². The van der Waals surface area contributed by atoms with Crippen LogP contribution >= 0.6 is 0 Å². The Morgan fingerprint density at radius 3 is 2.62 bits per heavy atom. The molecule has 0 radical (unpaired) electrons. The van der Waals surface area contributed by atoms with Crippen LogP contribution in [0.5, 0.6) is 0 Å². The van der Waals surface area contributed by atoms with Gasteiger partial charge in [0.25, 0.3) is 0 Å². The average molecular weight is 179 g/mol. The Morgan fingerprint density at radius 2 is 2.15 bits per heavy atom. The molecule has 0 aromatic carbocycles. The first-order valence-electron chi connectivity index (χ1n) is 5.11. The van der Waals surface area contributed by atoms with E-state index in [1.165, 1.54) is 12.8 Å². The van der Waals surface area contributed by atoms with Crippen LogP contribution in [0.3, 0.4) is 0 Å². The molecule has 0 aromatic heterocycles. The average Bonchev–Trinajstić information content (AvgIpc) is 2.62. The van der Waals surface area contributed by atoms with E-state index in [9.17, 15) is 4.79 Å². The molecule has 3 unspecified atom stereocenters. The summed E-state index contributed by atoms with van der Waals surface area (Å²) in [5, 5.41) is 3.48. The van der Waals surface area contributed by atoms with E-state index in [4.69, 9.17) is 0 Å². The lowest BCUT2D eigenvalue weighted by molar-refractivity contribution is -0.118. The Hall–Kier alpha value is -0.630. The van der Waals surface area contributed by atoms with E-state index in [0.717, 1.165) is 12.0 Å². The molecule has 0 amide bonds. The van der Waals surface area contributed by atoms with E-state index in [1.54, 1.807) is 6.08 Å². The largest absolute Gasteiger partial charge is 0.310 e. The fraction of sp³-hybridized carbons (Fsp3) is 0.727. The van der Waals surface area contributed by atoms with Gasteiger partial charge < -0.3 is 5.32 Å². The quantitative estimate of drug-likeness (QED) is 0.653. The maximum Gasteiger partial charge on any atom is 0.160 e. The molecule has 2 bridgehead atoms. The first-order valence-corrected chi connectivity index (χ1v) is 5.11. The fourth-order valence-corrected chi connectivity index (χ4v) is 2.53. The van der Waals surface area contributed by atoms with Crippen LogP contribution < -0.4 is 5.32 Å². The van der Waals surface area contributed by atoms with Crippen LogP contribution in [0.4, 0.5) is 0 Å². The predicted octanol–water partition coefficient (Wildman–Crippen LogP) is 1.66. The summed E-state index contributed by atoms with van der Waals surface area (Å²) in [6.45, 7) is 3.97. The van der Waals surface area contributed by atoms with Gasteiger partial charge in [-0.25, -0.2) is 0 Å². The van der Waals surface area contributed by atoms with Crippen molar-refractivity contribution in [1.29, 1.82) is 0 Å². The van der Waals surface area contributed by atoms with E-state index in [-0.39, 0.29) is 5.92 Å². The van der Waals surface area contributed by atoms with Crippen molar-refractivity contribution in [2.45, 2.75) is 45.2 Å². The molecule has 2 heteroatoms. The molecule has 2 saturated heterocycles. The standard InChI is InChI=1S/C11H17NO/c1-7(2)5-11(13)9-6-8-3-4-10(9)12-8/h5,8-10,12H,3-4,6H2,1-2H3. The molecule has 0 aliphatic carbocycles. The molecule has 1 N–H and O–H groups in total. The first kappa shape index (κ1) is 8.95. The van der Waals surface area contributed by atoms with Crippen LogP contribution in [0.1, 0.15) is 33.1 Å². The van der Waals surface area contributed by atoms with E-state index in [2.05, 4.69) is 5.32 Å². The molecule has 3 atom stereocenters. The van der Waals surface area contributed by atoms with E-state index in [0.29, 0.717) is 17.9 Å². The number of carbonyl (C=O) groups excluding carboxylic acids is 1. The van der Waals surface area contributed by atoms with Gasteiger partial charge in [-0.2, -0.15) is 0 Å². The highest BCUT2D eigenvalue weighted by molar-refractivity contribution is 5.93. The number of nitrogens with one attached hydrogen (secondary N) is 1. The molecule has 2 aliphatic rings. The Labute approximate surface area is 79.4 Å². The molecule has 2 heterocycles. The van der Waals surface area contributed by atoms with Crippen LogP contribution in [0.25, 0.3) is 0 Å².